The van der Waals surface area contributed by atoms with E-state index in [1.54, 1.807) is 0 Å². The van der Waals surface area contributed by atoms with Crippen molar-refractivity contribution in [2.75, 3.05) is 6.61 Å². The highest BCUT2D eigenvalue weighted by atomic mass is 16.5. The molecule has 4 nitrogen and oxygen atoms in total. The molecule has 0 radical (unpaired) electrons. The van der Waals surface area contributed by atoms with Gasteiger partial charge in [0.2, 0.25) is 0 Å². The predicted octanol–water partition coefficient (Wildman–Crippen LogP) is 6.35. The zero-order valence-electron chi connectivity index (χ0n) is 24.8. The maximum atomic E-state index is 12.2. The summed E-state index contributed by atoms with van der Waals surface area (Å²) >= 11 is 0. The van der Waals surface area contributed by atoms with Gasteiger partial charge in [-0.3, -0.25) is 0 Å². The smallest absolute Gasteiger partial charge is 0.0988 e. The summed E-state index contributed by atoms with van der Waals surface area (Å²) in [6.07, 6.45) is 8.54. The molecule has 11 atom stereocenters. The molecule has 0 saturated heterocycles. The Morgan fingerprint density at radius 3 is 1.97 bits per heavy atom. The molecule has 0 amide bonds. The van der Waals surface area contributed by atoms with Crippen LogP contribution in [0.3, 0.4) is 0 Å². The van der Waals surface area contributed by atoms with Gasteiger partial charge in [0, 0.05) is 12.5 Å². The third kappa shape index (κ3) is 3.08. The number of fused-ring (bicyclic) bond motifs is 7. The van der Waals surface area contributed by atoms with Crippen molar-refractivity contribution < 1.29 is 20.1 Å². The summed E-state index contributed by atoms with van der Waals surface area (Å²) in [4.78, 5) is 0. The summed E-state index contributed by atoms with van der Waals surface area (Å²) in [5, 5.41) is 35.2. The molecule has 0 bridgehead atoms. The van der Waals surface area contributed by atoms with Gasteiger partial charge in [-0.1, -0.05) is 41.5 Å². The molecule has 0 aliphatic heterocycles. The Kier molecular flexibility index (Phi) is 6.05. The molecule has 0 heterocycles. The lowest BCUT2D eigenvalue weighted by atomic mass is 9.31. The third-order valence-corrected chi connectivity index (χ3v) is 14.5. The maximum Gasteiger partial charge on any atom is 0.0988 e. The predicted molar refractivity (Wildman–Crippen MR) is 144 cm³/mol. The fourth-order valence-electron chi connectivity index (χ4n) is 12.5. The number of aliphatic hydroxyl groups is 3. The highest BCUT2D eigenvalue weighted by Crippen LogP contribution is 2.78. The lowest BCUT2D eigenvalue weighted by molar-refractivity contribution is -0.284. The van der Waals surface area contributed by atoms with E-state index in [0.717, 1.165) is 25.7 Å². The van der Waals surface area contributed by atoms with Gasteiger partial charge in [-0.15, -0.1) is 0 Å². The maximum absolute atomic E-state index is 12.2. The van der Waals surface area contributed by atoms with Crippen molar-refractivity contribution in [1.29, 1.82) is 0 Å². The molecule has 5 saturated carbocycles. The van der Waals surface area contributed by atoms with Crippen LogP contribution in [-0.4, -0.2) is 45.3 Å². The molecule has 5 rings (SSSR count). The lowest BCUT2D eigenvalue weighted by Gasteiger charge is -2.74. The summed E-state index contributed by atoms with van der Waals surface area (Å²) in [5.41, 5.74) is -1.39. The first-order chi connectivity index (χ1) is 16.5. The molecule has 0 aromatic carbocycles. The Labute approximate surface area is 221 Å². The number of rotatable bonds is 3. The average molecular weight is 505 g/mol. The van der Waals surface area contributed by atoms with Crippen LogP contribution in [0.5, 0.6) is 0 Å². The second-order valence-electron chi connectivity index (χ2n) is 16.1. The molecular formula is C32H56O4. The van der Waals surface area contributed by atoms with E-state index >= 15 is 0 Å². The Balaban J connectivity index is 1.54. The van der Waals surface area contributed by atoms with Crippen molar-refractivity contribution >= 4 is 0 Å². The van der Waals surface area contributed by atoms with E-state index in [0.29, 0.717) is 30.8 Å². The van der Waals surface area contributed by atoms with Crippen molar-refractivity contribution in [1.82, 2.24) is 0 Å². The molecule has 0 unspecified atom stereocenters. The van der Waals surface area contributed by atoms with Gasteiger partial charge in [-0.2, -0.15) is 0 Å². The number of hydrogen-bond acceptors (Lipinski definition) is 4. The molecule has 36 heavy (non-hydrogen) atoms. The van der Waals surface area contributed by atoms with Crippen LogP contribution in [0.2, 0.25) is 0 Å². The first-order valence-corrected chi connectivity index (χ1v) is 15.2. The molecule has 208 valence electrons. The lowest BCUT2D eigenvalue weighted by Crippen LogP contribution is -2.70. The Hall–Kier alpha value is -0.160. The molecule has 0 aromatic rings. The van der Waals surface area contributed by atoms with Crippen molar-refractivity contribution in [3.63, 3.8) is 0 Å². The minimum atomic E-state index is -1.01. The van der Waals surface area contributed by atoms with Crippen molar-refractivity contribution in [3.05, 3.63) is 0 Å². The minimum absolute atomic E-state index is 0.0375. The highest BCUT2D eigenvalue weighted by Gasteiger charge is 2.75. The summed E-state index contributed by atoms with van der Waals surface area (Å²) in [5.74, 6) is 1.51. The molecule has 5 fully saturated rings. The zero-order chi connectivity index (χ0) is 26.7. The van der Waals surface area contributed by atoms with Crippen LogP contribution in [-0.2, 0) is 4.74 Å². The zero-order valence-corrected chi connectivity index (χ0v) is 24.8. The van der Waals surface area contributed by atoms with Crippen LogP contribution in [0.15, 0.2) is 0 Å². The van der Waals surface area contributed by atoms with Crippen molar-refractivity contribution in [3.8, 4) is 0 Å². The first-order valence-electron chi connectivity index (χ1n) is 15.2. The topological polar surface area (TPSA) is 69.9 Å². The molecule has 4 heteroatoms. The van der Waals surface area contributed by atoms with E-state index in [-0.39, 0.29) is 39.1 Å². The number of ether oxygens (including phenoxy) is 1. The quantitative estimate of drug-likeness (QED) is 0.419. The summed E-state index contributed by atoms with van der Waals surface area (Å²) in [6.45, 7) is 21.3. The van der Waals surface area contributed by atoms with Crippen molar-refractivity contribution in [2.24, 2.45) is 50.7 Å². The number of hydrogen-bond donors (Lipinski definition) is 3. The van der Waals surface area contributed by atoms with Gasteiger partial charge in [0.1, 0.15) is 0 Å². The van der Waals surface area contributed by atoms with Crippen LogP contribution < -0.4 is 0 Å². The van der Waals surface area contributed by atoms with Crippen LogP contribution in [0, 0.1) is 50.7 Å². The SMILES string of the molecule is CCOC(C)(C)[C@]1(O)CC[C@@]2(C)[C@H]1[C@@H](O)C[C@]1(C)[C@@H]2CC[C@@H]2[C@@]3(C)CC[C@H](O)C(C)(C)[C@H]3CC[C@]21C. The van der Waals surface area contributed by atoms with Crippen LogP contribution in [0.1, 0.15) is 120 Å². The van der Waals surface area contributed by atoms with E-state index < -0.39 is 17.3 Å². The standard InChI is InChI=1S/C32H56O4/c1-10-36-27(4,5)32(35)18-17-29(7)23-12-11-22-28(6)15-14-24(34)26(2,3)21(28)13-16-30(22,8)31(23,9)19-20(33)25(29)32/h20-25,33-35H,10-19H2,1-9H3/t20-,21+,22+,23+,24-,25+,28-,29+,30+,31+,32-/m0/s1. The molecule has 5 aliphatic carbocycles. The normalized spacial score (nSPS) is 56.3. The van der Waals surface area contributed by atoms with Gasteiger partial charge < -0.3 is 20.1 Å². The summed E-state index contributed by atoms with van der Waals surface area (Å²) in [6, 6.07) is 0. The Morgan fingerprint density at radius 1 is 0.750 bits per heavy atom. The fourth-order valence-corrected chi connectivity index (χ4v) is 12.5. The molecular weight excluding hydrogens is 448 g/mol. The van der Waals surface area contributed by atoms with Gasteiger partial charge in [0.25, 0.3) is 0 Å². The van der Waals surface area contributed by atoms with E-state index in [1.807, 2.05) is 20.8 Å². The molecule has 5 aliphatic rings. The first kappa shape index (κ1) is 27.4. The van der Waals surface area contributed by atoms with Crippen molar-refractivity contribution in [2.45, 2.75) is 144 Å². The van der Waals surface area contributed by atoms with E-state index in [2.05, 4.69) is 41.5 Å². The van der Waals surface area contributed by atoms with Gasteiger partial charge >= 0.3 is 0 Å². The number of aliphatic hydroxyl groups excluding tert-OH is 2. The third-order valence-electron chi connectivity index (χ3n) is 14.5. The van der Waals surface area contributed by atoms with Crippen LogP contribution >= 0.6 is 0 Å². The highest BCUT2D eigenvalue weighted by molar-refractivity contribution is 5.24. The summed E-state index contributed by atoms with van der Waals surface area (Å²) < 4.78 is 6.14. The largest absolute Gasteiger partial charge is 0.393 e. The van der Waals surface area contributed by atoms with Gasteiger partial charge in [-0.05, 0) is 123 Å². The fraction of sp³-hybridized carbons (Fsp3) is 1.00. The molecule has 0 spiro atoms. The summed E-state index contributed by atoms with van der Waals surface area (Å²) in [7, 11) is 0. The van der Waals surface area contributed by atoms with E-state index in [9.17, 15) is 15.3 Å². The van der Waals surface area contributed by atoms with Gasteiger partial charge in [0.05, 0.1) is 23.4 Å². The second-order valence-corrected chi connectivity index (χ2v) is 16.1. The second kappa shape index (κ2) is 7.95. The van der Waals surface area contributed by atoms with Crippen LogP contribution in [0.25, 0.3) is 0 Å². The van der Waals surface area contributed by atoms with Gasteiger partial charge in [-0.25, -0.2) is 0 Å². The van der Waals surface area contributed by atoms with E-state index in [4.69, 9.17) is 4.74 Å². The Morgan fingerprint density at radius 2 is 1.36 bits per heavy atom. The van der Waals surface area contributed by atoms with E-state index in [1.165, 1.54) is 25.7 Å². The molecule has 0 aromatic heterocycles. The Bertz CT molecular complexity index is 883. The minimum Gasteiger partial charge on any atom is -0.393 e. The van der Waals surface area contributed by atoms with Crippen LogP contribution in [0.4, 0.5) is 0 Å². The molecule has 3 N–H and O–H groups in total. The van der Waals surface area contributed by atoms with Gasteiger partial charge in [0.15, 0.2) is 0 Å². The average Bonchev–Trinajstić information content (AvgIpc) is 3.05. The monoisotopic (exact) mass is 504 g/mol.